The normalized spacial score (nSPS) is 19.1. The highest BCUT2D eigenvalue weighted by molar-refractivity contribution is 5.89. The SMILES string of the molecule is O=C(Nc1cnn(CCN2CCOCC2)c1)NC1CCCc2cc(OC(F)F)ccc21. The van der Waals surface area contributed by atoms with Gasteiger partial charge in [-0.15, -0.1) is 0 Å². The number of anilines is 1. The molecule has 0 radical (unpaired) electrons. The first-order chi connectivity index (χ1) is 15.1. The van der Waals surface area contributed by atoms with Gasteiger partial charge in [-0.2, -0.15) is 13.9 Å². The number of benzene rings is 1. The topological polar surface area (TPSA) is 80.7 Å². The highest BCUT2D eigenvalue weighted by Crippen LogP contribution is 2.32. The molecule has 2 amide bonds. The molecule has 0 spiro atoms. The number of carbonyl (C=O) groups excluding carboxylic acids is 1. The zero-order valence-electron chi connectivity index (χ0n) is 17.2. The van der Waals surface area contributed by atoms with Crippen LogP contribution in [0.1, 0.15) is 30.0 Å². The molecule has 8 nitrogen and oxygen atoms in total. The van der Waals surface area contributed by atoms with E-state index < -0.39 is 6.61 Å². The van der Waals surface area contributed by atoms with Gasteiger partial charge in [0, 0.05) is 25.8 Å². The van der Waals surface area contributed by atoms with Crippen LogP contribution < -0.4 is 15.4 Å². The maximum absolute atomic E-state index is 12.5. The zero-order valence-corrected chi connectivity index (χ0v) is 17.2. The van der Waals surface area contributed by atoms with Crippen LogP contribution in [-0.4, -0.2) is 60.2 Å². The minimum absolute atomic E-state index is 0.142. The second kappa shape index (κ2) is 10.1. The minimum atomic E-state index is -2.85. The summed E-state index contributed by atoms with van der Waals surface area (Å²) < 4.78 is 36.5. The third kappa shape index (κ3) is 5.92. The van der Waals surface area contributed by atoms with Crippen LogP contribution in [0.3, 0.4) is 0 Å². The van der Waals surface area contributed by atoms with Crippen molar-refractivity contribution in [1.29, 1.82) is 0 Å². The van der Waals surface area contributed by atoms with Crippen LogP contribution in [-0.2, 0) is 17.7 Å². The van der Waals surface area contributed by atoms with E-state index >= 15 is 0 Å². The summed E-state index contributed by atoms with van der Waals surface area (Å²) in [7, 11) is 0. The summed E-state index contributed by atoms with van der Waals surface area (Å²) in [5.41, 5.74) is 2.48. The van der Waals surface area contributed by atoms with E-state index in [0.29, 0.717) is 5.69 Å². The zero-order chi connectivity index (χ0) is 21.6. The Morgan fingerprint density at radius 2 is 2.13 bits per heavy atom. The van der Waals surface area contributed by atoms with E-state index in [0.717, 1.165) is 69.8 Å². The van der Waals surface area contributed by atoms with Gasteiger partial charge in [-0.25, -0.2) is 4.79 Å². The lowest BCUT2D eigenvalue weighted by molar-refractivity contribution is -0.0499. The van der Waals surface area contributed by atoms with Gasteiger partial charge in [0.25, 0.3) is 0 Å². The molecule has 31 heavy (non-hydrogen) atoms. The molecule has 2 heterocycles. The van der Waals surface area contributed by atoms with E-state index in [-0.39, 0.29) is 17.8 Å². The predicted octanol–water partition coefficient (Wildman–Crippen LogP) is 3.02. The Morgan fingerprint density at radius 3 is 2.94 bits per heavy atom. The van der Waals surface area contributed by atoms with Gasteiger partial charge in [0.05, 0.1) is 37.7 Å². The molecule has 1 saturated heterocycles. The van der Waals surface area contributed by atoms with Crippen molar-refractivity contribution in [3.63, 3.8) is 0 Å². The summed E-state index contributed by atoms with van der Waals surface area (Å²) in [6.07, 6.45) is 5.85. The van der Waals surface area contributed by atoms with Crippen molar-refractivity contribution < 1.29 is 23.0 Å². The molecule has 2 aromatic rings. The molecule has 2 N–H and O–H groups in total. The average Bonchev–Trinajstić information content (AvgIpc) is 3.20. The number of halogens is 2. The van der Waals surface area contributed by atoms with Gasteiger partial charge in [0.1, 0.15) is 5.75 Å². The quantitative estimate of drug-likeness (QED) is 0.699. The number of rotatable bonds is 7. The van der Waals surface area contributed by atoms with Crippen molar-refractivity contribution in [2.45, 2.75) is 38.5 Å². The Morgan fingerprint density at radius 1 is 1.29 bits per heavy atom. The number of morpholine rings is 1. The van der Waals surface area contributed by atoms with Crippen LogP contribution in [0, 0.1) is 0 Å². The van der Waals surface area contributed by atoms with Crippen LogP contribution >= 0.6 is 0 Å². The second-order valence-electron chi connectivity index (χ2n) is 7.73. The van der Waals surface area contributed by atoms with Gasteiger partial charge in [0.15, 0.2) is 0 Å². The molecular formula is C21H27F2N5O3. The number of fused-ring (bicyclic) bond motifs is 1. The van der Waals surface area contributed by atoms with Gasteiger partial charge in [0.2, 0.25) is 0 Å². The number of carbonyl (C=O) groups is 1. The van der Waals surface area contributed by atoms with Crippen LogP contribution in [0.15, 0.2) is 30.6 Å². The summed E-state index contributed by atoms with van der Waals surface area (Å²) in [6.45, 7) is 2.14. The Balaban J connectivity index is 1.30. The fourth-order valence-corrected chi connectivity index (χ4v) is 4.06. The maximum Gasteiger partial charge on any atom is 0.387 e. The number of hydrogen-bond donors (Lipinski definition) is 2. The molecule has 0 bridgehead atoms. The van der Waals surface area contributed by atoms with Crippen LogP contribution in [0.25, 0.3) is 0 Å². The minimum Gasteiger partial charge on any atom is -0.435 e. The first-order valence-corrected chi connectivity index (χ1v) is 10.5. The van der Waals surface area contributed by atoms with Crippen molar-refractivity contribution in [3.05, 3.63) is 41.7 Å². The molecule has 4 rings (SSSR count). The summed E-state index contributed by atoms with van der Waals surface area (Å²) in [5.74, 6) is 0.142. The summed E-state index contributed by atoms with van der Waals surface area (Å²) >= 11 is 0. The Bertz CT molecular complexity index is 886. The lowest BCUT2D eigenvalue weighted by Gasteiger charge is -2.27. The molecule has 1 aliphatic carbocycles. The molecule has 1 fully saturated rings. The lowest BCUT2D eigenvalue weighted by atomic mass is 9.87. The number of ether oxygens (including phenoxy) is 2. The van der Waals surface area contributed by atoms with Gasteiger partial charge in [-0.05, 0) is 42.5 Å². The van der Waals surface area contributed by atoms with E-state index in [2.05, 4.69) is 25.4 Å². The Labute approximate surface area is 179 Å². The molecule has 1 aromatic carbocycles. The smallest absolute Gasteiger partial charge is 0.387 e. The van der Waals surface area contributed by atoms with Crippen LogP contribution in [0.5, 0.6) is 5.75 Å². The van der Waals surface area contributed by atoms with Gasteiger partial charge in [-0.3, -0.25) is 9.58 Å². The molecule has 1 aromatic heterocycles. The molecule has 10 heteroatoms. The van der Waals surface area contributed by atoms with Gasteiger partial charge >= 0.3 is 12.6 Å². The molecule has 2 aliphatic rings. The number of nitrogens with zero attached hydrogens (tertiary/aromatic N) is 3. The highest BCUT2D eigenvalue weighted by Gasteiger charge is 2.23. The number of aromatic nitrogens is 2. The molecular weight excluding hydrogens is 408 g/mol. The largest absolute Gasteiger partial charge is 0.435 e. The second-order valence-corrected chi connectivity index (χ2v) is 7.73. The van der Waals surface area contributed by atoms with E-state index in [9.17, 15) is 13.6 Å². The third-order valence-electron chi connectivity index (χ3n) is 5.60. The molecule has 0 saturated carbocycles. The Kier molecular flexibility index (Phi) is 6.98. The lowest BCUT2D eigenvalue weighted by Crippen LogP contribution is -2.38. The van der Waals surface area contributed by atoms with Crippen molar-refractivity contribution >= 4 is 11.7 Å². The standard InChI is InChI=1S/C21H27F2N5O3/c22-20(23)31-17-4-5-18-15(12-17)2-1-3-19(18)26-21(29)25-16-13-24-28(14-16)7-6-27-8-10-30-11-9-27/h4-5,12-14,19-20H,1-3,6-11H2,(H2,25,26,29). The predicted molar refractivity (Wildman–Crippen MR) is 110 cm³/mol. The number of hydrogen-bond acceptors (Lipinski definition) is 5. The van der Waals surface area contributed by atoms with E-state index in [1.165, 1.54) is 6.07 Å². The number of aryl methyl sites for hydroxylation is 1. The van der Waals surface area contributed by atoms with E-state index in [1.807, 2.05) is 10.9 Å². The third-order valence-corrected chi connectivity index (χ3v) is 5.60. The monoisotopic (exact) mass is 435 g/mol. The fourth-order valence-electron chi connectivity index (χ4n) is 4.06. The summed E-state index contributed by atoms with van der Waals surface area (Å²) in [4.78, 5) is 14.8. The van der Waals surface area contributed by atoms with Crippen LogP contribution in [0.4, 0.5) is 19.3 Å². The first-order valence-electron chi connectivity index (χ1n) is 10.5. The summed E-state index contributed by atoms with van der Waals surface area (Å²) in [6, 6.07) is 4.40. The number of amides is 2. The van der Waals surface area contributed by atoms with Crippen molar-refractivity contribution in [3.8, 4) is 5.75 Å². The fraction of sp³-hybridized carbons (Fsp3) is 0.524. The molecule has 1 unspecified atom stereocenters. The Hall–Kier alpha value is -2.72. The first kappa shape index (κ1) is 21.5. The van der Waals surface area contributed by atoms with Gasteiger partial charge < -0.3 is 20.1 Å². The highest BCUT2D eigenvalue weighted by atomic mass is 19.3. The number of alkyl halides is 2. The van der Waals surface area contributed by atoms with Gasteiger partial charge in [-0.1, -0.05) is 6.07 Å². The van der Waals surface area contributed by atoms with Crippen LogP contribution in [0.2, 0.25) is 0 Å². The number of nitrogens with one attached hydrogen (secondary N) is 2. The molecule has 1 atom stereocenters. The summed E-state index contributed by atoms with van der Waals surface area (Å²) in [5, 5.41) is 10.1. The maximum atomic E-state index is 12.5. The van der Waals surface area contributed by atoms with Crippen molar-refractivity contribution in [1.82, 2.24) is 20.0 Å². The average molecular weight is 435 g/mol. The molecule has 1 aliphatic heterocycles. The molecule has 168 valence electrons. The van der Waals surface area contributed by atoms with E-state index in [1.54, 1.807) is 18.3 Å². The van der Waals surface area contributed by atoms with E-state index in [4.69, 9.17) is 4.74 Å². The van der Waals surface area contributed by atoms with Crippen molar-refractivity contribution in [2.24, 2.45) is 0 Å². The van der Waals surface area contributed by atoms with Crippen molar-refractivity contribution in [2.75, 3.05) is 38.2 Å². The number of urea groups is 1.